The molecule has 1 amide bonds. The molecule has 0 aliphatic carbocycles. The Hall–Kier alpha value is -2.64. The molecule has 8 heteroatoms. The molecule has 0 radical (unpaired) electrons. The molecule has 162 valence electrons. The van der Waals surface area contributed by atoms with Gasteiger partial charge in [0.25, 0.3) is 0 Å². The molecule has 0 aliphatic heterocycles. The van der Waals surface area contributed by atoms with Crippen LogP contribution in [0.4, 0.5) is 13.2 Å². The highest BCUT2D eigenvalue weighted by molar-refractivity contribution is 5.92. The largest absolute Gasteiger partial charge is 0.406 e. The molecular formula is C22H27F3N4O. The van der Waals surface area contributed by atoms with Crippen LogP contribution in [-0.4, -0.2) is 44.7 Å². The first-order valence-corrected chi connectivity index (χ1v) is 9.94. The number of amides is 1. The van der Waals surface area contributed by atoms with E-state index in [4.69, 9.17) is 0 Å². The minimum atomic E-state index is -4.43. The topological polar surface area (TPSA) is 50.5 Å². The van der Waals surface area contributed by atoms with E-state index in [1.807, 2.05) is 58.9 Å². The highest BCUT2D eigenvalue weighted by Gasteiger charge is 2.34. The van der Waals surface area contributed by atoms with Crippen LogP contribution < -0.4 is 0 Å². The van der Waals surface area contributed by atoms with Crippen molar-refractivity contribution >= 4 is 22.5 Å². The highest BCUT2D eigenvalue weighted by Crippen LogP contribution is 2.25. The average molecular weight is 420 g/mol. The normalized spacial score (nSPS) is 12.7. The number of alkyl halides is 3. The predicted molar refractivity (Wildman–Crippen MR) is 110 cm³/mol. The monoisotopic (exact) mass is 420 g/mol. The molecule has 0 saturated heterocycles. The second kappa shape index (κ2) is 7.89. The van der Waals surface area contributed by atoms with E-state index in [-0.39, 0.29) is 13.0 Å². The van der Waals surface area contributed by atoms with Gasteiger partial charge in [-0.15, -0.1) is 0 Å². The number of halogens is 3. The highest BCUT2D eigenvalue weighted by atomic mass is 19.4. The standard InChI is InChI=1S/C22H27F3N4O/c1-14-16(10-11-19(30)28(12-21(3,4)5)13-22(23,24)25)15(2)29-20(26-14)17-8-6-7-9-18(17)27-29/h6-9H,10-13H2,1-5H3. The molecule has 0 fully saturated rings. The van der Waals surface area contributed by atoms with Crippen LogP contribution in [0.1, 0.15) is 44.1 Å². The second-order valence-electron chi connectivity index (χ2n) is 8.94. The maximum absolute atomic E-state index is 13.0. The molecule has 3 rings (SSSR count). The molecule has 0 atom stereocenters. The van der Waals surface area contributed by atoms with Crippen molar-refractivity contribution in [1.82, 2.24) is 19.5 Å². The smallest absolute Gasteiger partial charge is 0.333 e. The molecule has 0 bridgehead atoms. The van der Waals surface area contributed by atoms with Crippen LogP contribution in [0.25, 0.3) is 16.6 Å². The van der Waals surface area contributed by atoms with Crippen LogP contribution in [-0.2, 0) is 11.2 Å². The molecule has 2 aromatic heterocycles. The van der Waals surface area contributed by atoms with Gasteiger partial charge in [-0.25, -0.2) is 9.50 Å². The number of hydrogen-bond acceptors (Lipinski definition) is 3. The van der Waals surface area contributed by atoms with Gasteiger partial charge in [-0.1, -0.05) is 32.9 Å². The summed E-state index contributed by atoms with van der Waals surface area (Å²) < 4.78 is 40.7. The number of carbonyl (C=O) groups excluding carboxylic acids is 1. The summed E-state index contributed by atoms with van der Waals surface area (Å²) in [7, 11) is 0. The van der Waals surface area contributed by atoms with E-state index in [0.717, 1.165) is 38.4 Å². The van der Waals surface area contributed by atoms with Crippen molar-refractivity contribution in [2.24, 2.45) is 5.41 Å². The Kier molecular flexibility index (Phi) is 5.80. The molecule has 0 N–H and O–H groups in total. The van der Waals surface area contributed by atoms with Crippen LogP contribution in [0, 0.1) is 19.3 Å². The number of hydrogen-bond donors (Lipinski definition) is 0. The molecule has 1 aromatic carbocycles. The van der Waals surface area contributed by atoms with E-state index in [2.05, 4.69) is 10.1 Å². The summed E-state index contributed by atoms with van der Waals surface area (Å²) in [6.45, 7) is 8.02. The molecule has 30 heavy (non-hydrogen) atoms. The van der Waals surface area contributed by atoms with Gasteiger partial charge in [0.1, 0.15) is 6.54 Å². The third kappa shape index (κ3) is 4.91. The van der Waals surface area contributed by atoms with Crippen molar-refractivity contribution in [1.29, 1.82) is 0 Å². The van der Waals surface area contributed by atoms with E-state index in [0.29, 0.717) is 6.42 Å². The van der Waals surface area contributed by atoms with Crippen molar-refractivity contribution in [2.45, 2.75) is 53.6 Å². The van der Waals surface area contributed by atoms with Crippen LogP contribution in [0.3, 0.4) is 0 Å². The van der Waals surface area contributed by atoms with Gasteiger partial charge in [0.2, 0.25) is 5.91 Å². The zero-order chi connectivity index (χ0) is 22.3. The Morgan fingerprint density at radius 1 is 1.10 bits per heavy atom. The average Bonchev–Trinajstić information content (AvgIpc) is 2.97. The number of benzene rings is 1. The molecular weight excluding hydrogens is 393 g/mol. The van der Waals surface area contributed by atoms with Crippen molar-refractivity contribution in [3.05, 3.63) is 41.2 Å². The van der Waals surface area contributed by atoms with Gasteiger partial charge in [0.05, 0.1) is 5.52 Å². The van der Waals surface area contributed by atoms with Gasteiger partial charge in [-0.05, 0) is 43.4 Å². The molecule has 2 heterocycles. The lowest BCUT2D eigenvalue weighted by Gasteiger charge is -2.31. The van der Waals surface area contributed by atoms with Gasteiger partial charge in [-0.3, -0.25) is 4.79 Å². The van der Waals surface area contributed by atoms with E-state index < -0.39 is 24.0 Å². The molecule has 0 aliphatic rings. The Morgan fingerprint density at radius 2 is 1.77 bits per heavy atom. The number of nitrogens with zero attached hydrogens (tertiary/aromatic N) is 4. The van der Waals surface area contributed by atoms with Crippen molar-refractivity contribution in [3.8, 4) is 0 Å². The first-order chi connectivity index (χ1) is 13.9. The lowest BCUT2D eigenvalue weighted by Crippen LogP contribution is -2.43. The lowest BCUT2D eigenvalue weighted by molar-refractivity contribution is -0.163. The molecule has 0 unspecified atom stereocenters. The first kappa shape index (κ1) is 22.1. The van der Waals surface area contributed by atoms with Gasteiger partial charge in [0.15, 0.2) is 5.65 Å². The fraction of sp³-hybridized carbons (Fsp3) is 0.500. The van der Waals surface area contributed by atoms with Crippen molar-refractivity contribution < 1.29 is 18.0 Å². The molecule has 5 nitrogen and oxygen atoms in total. The minimum Gasteiger partial charge on any atom is -0.333 e. The molecule has 0 saturated carbocycles. The van der Waals surface area contributed by atoms with Crippen LogP contribution in [0.2, 0.25) is 0 Å². The SMILES string of the molecule is Cc1nc2c3ccccc3nn2c(C)c1CCC(=O)N(CC(C)(C)C)CC(F)(F)F. The zero-order valence-electron chi connectivity index (χ0n) is 18.0. The Morgan fingerprint density at radius 3 is 2.40 bits per heavy atom. The lowest BCUT2D eigenvalue weighted by atomic mass is 9.95. The summed E-state index contributed by atoms with van der Waals surface area (Å²) in [6.07, 6.45) is -4.13. The quantitative estimate of drug-likeness (QED) is 0.592. The minimum absolute atomic E-state index is 0.0121. The Balaban J connectivity index is 1.86. The summed E-state index contributed by atoms with van der Waals surface area (Å²) in [5.74, 6) is -0.508. The zero-order valence-corrected chi connectivity index (χ0v) is 18.0. The van der Waals surface area contributed by atoms with Gasteiger partial charge in [-0.2, -0.15) is 18.3 Å². The molecule has 3 aromatic rings. The third-order valence-electron chi connectivity index (χ3n) is 5.00. The number of carbonyl (C=O) groups is 1. The Labute approximate surface area is 173 Å². The number of fused-ring (bicyclic) bond motifs is 3. The van der Waals surface area contributed by atoms with Gasteiger partial charge >= 0.3 is 6.18 Å². The predicted octanol–water partition coefficient (Wildman–Crippen LogP) is 4.87. The number of rotatable bonds is 5. The summed E-state index contributed by atoms with van der Waals surface area (Å²) >= 11 is 0. The van der Waals surface area contributed by atoms with E-state index in [1.165, 1.54) is 0 Å². The maximum Gasteiger partial charge on any atom is 0.406 e. The fourth-order valence-electron chi connectivity index (χ4n) is 3.75. The fourth-order valence-corrected chi connectivity index (χ4v) is 3.75. The summed E-state index contributed by atoms with van der Waals surface area (Å²) in [4.78, 5) is 18.3. The van der Waals surface area contributed by atoms with Crippen LogP contribution in [0.5, 0.6) is 0 Å². The van der Waals surface area contributed by atoms with Crippen LogP contribution >= 0.6 is 0 Å². The number of aromatic nitrogens is 3. The first-order valence-electron chi connectivity index (χ1n) is 9.94. The number of aryl methyl sites for hydroxylation is 2. The van der Waals surface area contributed by atoms with Crippen molar-refractivity contribution in [2.75, 3.05) is 13.1 Å². The van der Waals surface area contributed by atoms with E-state index >= 15 is 0 Å². The molecule has 0 spiro atoms. The van der Waals surface area contributed by atoms with Crippen LogP contribution in [0.15, 0.2) is 24.3 Å². The van der Waals surface area contributed by atoms with E-state index in [9.17, 15) is 18.0 Å². The summed E-state index contributed by atoms with van der Waals surface area (Å²) in [6, 6.07) is 7.69. The van der Waals surface area contributed by atoms with Gasteiger partial charge < -0.3 is 4.90 Å². The van der Waals surface area contributed by atoms with E-state index in [1.54, 1.807) is 4.52 Å². The second-order valence-corrected chi connectivity index (χ2v) is 8.94. The van der Waals surface area contributed by atoms with Crippen molar-refractivity contribution in [3.63, 3.8) is 0 Å². The summed E-state index contributed by atoms with van der Waals surface area (Å²) in [5, 5.41) is 5.52. The third-order valence-corrected chi connectivity index (χ3v) is 5.00. The van der Waals surface area contributed by atoms with Gasteiger partial charge in [0, 0.05) is 29.7 Å². The maximum atomic E-state index is 13.0. The Bertz CT molecular complexity index is 1060. The summed E-state index contributed by atoms with van der Waals surface area (Å²) in [5.41, 5.74) is 3.58.